The van der Waals surface area contributed by atoms with Crippen LogP contribution >= 0.6 is 15.9 Å². The van der Waals surface area contributed by atoms with Crippen LogP contribution in [0.2, 0.25) is 0 Å². The van der Waals surface area contributed by atoms with E-state index < -0.39 is 0 Å². The summed E-state index contributed by atoms with van der Waals surface area (Å²) in [5.74, 6) is 0. The second-order valence-electron chi connectivity index (χ2n) is 4.78. The summed E-state index contributed by atoms with van der Waals surface area (Å²) in [5.41, 5.74) is 8.60. The van der Waals surface area contributed by atoms with Crippen LogP contribution in [0, 0.1) is 0 Å². The molecule has 0 bridgehead atoms. The molecule has 2 aromatic heterocycles. The Bertz CT molecular complexity index is 556. The zero-order valence-corrected chi connectivity index (χ0v) is 12.9. The summed E-state index contributed by atoms with van der Waals surface area (Å²) in [5, 5.41) is 0. The quantitative estimate of drug-likeness (QED) is 0.919. The summed E-state index contributed by atoms with van der Waals surface area (Å²) in [6, 6.07) is 4.43. The molecule has 19 heavy (non-hydrogen) atoms. The van der Waals surface area contributed by atoms with Crippen LogP contribution in [0.3, 0.4) is 0 Å². The van der Waals surface area contributed by atoms with Gasteiger partial charge in [-0.25, -0.2) is 0 Å². The maximum Gasteiger partial charge on any atom is 0.112 e. The fourth-order valence-corrected chi connectivity index (χ4v) is 2.46. The third-order valence-electron chi connectivity index (χ3n) is 3.06. The molecule has 2 heterocycles. The monoisotopic (exact) mass is 322 g/mol. The number of pyridine rings is 2. The van der Waals surface area contributed by atoms with Crippen molar-refractivity contribution in [2.75, 3.05) is 18.0 Å². The second kappa shape index (κ2) is 6.30. The van der Waals surface area contributed by atoms with Gasteiger partial charge in [-0.05, 0) is 54.9 Å². The van der Waals surface area contributed by atoms with Crippen molar-refractivity contribution in [1.29, 1.82) is 0 Å². The molecule has 0 atom stereocenters. The van der Waals surface area contributed by atoms with Crippen molar-refractivity contribution in [2.45, 2.75) is 26.3 Å². The SMILES string of the molecule is CC(C)N(CCCN)c1ccnc2cc(Br)cnc12. The van der Waals surface area contributed by atoms with E-state index in [1.54, 1.807) is 0 Å². The number of anilines is 1. The van der Waals surface area contributed by atoms with Gasteiger partial charge in [0.15, 0.2) is 0 Å². The Hall–Kier alpha value is -1.20. The summed E-state index contributed by atoms with van der Waals surface area (Å²) in [7, 11) is 0. The van der Waals surface area contributed by atoms with Gasteiger partial charge in [-0.2, -0.15) is 0 Å². The smallest absolute Gasteiger partial charge is 0.112 e. The van der Waals surface area contributed by atoms with Crippen molar-refractivity contribution in [1.82, 2.24) is 9.97 Å². The van der Waals surface area contributed by atoms with Crippen molar-refractivity contribution in [2.24, 2.45) is 5.73 Å². The highest BCUT2D eigenvalue weighted by Gasteiger charge is 2.14. The molecule has 0 saturated carbocycles. The summed E-state index contributed by atoms with van der Waals surface area (Å²) in [6.07, 6.45) is 4.62. The highest BCUT2D eigenvalue weighted by atomic mass is 79.9. The fourth-order valence-electron chi connectivity index (χ4n) is 2.14. The van der Waals surface area contributed by atoms with Crippen LogP contribution in [0.5, 0.6) is 0 Å². The predicted octanol–water partition coefficient (Wildman–Crippen LogP) is 2.96. The molecule has 0 aliphatic rings. The van der Waals surface area contributed by atoms with Gasteiger partial charge >= 0.3 is 0 Å². The fraction of sp³-hybridized carbons (Fsp3) is 0.429. The topological polar surface area (TPSA) is 55.0 Å². The third-order valence-corrected chi connectivity index (χ3v) is 3.49. The van der Waals surface area contributed by atoms with E-state index in [0.29, 0.717) is 12.6 Å². The summed E-state index contributed by atoms with van der Waals surface area (Å²) in [6.45, 7) is 6.00. The van der Waals surface area contributed by atoms with Crippen molar-refractivity contribution in [3.63, 3.8) is 0 Å². The van der Waals surface area contributed by atoms with E-state index in [4.69, 9.17) is 5.73 Å². The molecule has 2 N–H and O–H groups in total. The number of hydrogen-bond donors (Lipinski definition) is 1. The standard InChI is InChI=1S/C14H19BrN4/c1-10(2)19(7-3-5-16)13-4-6-17-12-8-11(15)9-18-14(12)13/h4,6,8-10H,3,5,7,16H2,1-2H3. The maximum absolute atomic E-state index is 5.63. The highest BCUT2D eigenvalue weighted by molar-refractivity contribution is 9.10. The van der Waals surface area contributed by atoms with Crippen molar-refractivity contribution < 1.29 is 0 Å². The minimum absolute atomic E-state index is 0.405. The van der Waals surface area contributed by atoms with E-state index in [9.17, 15) is 0 Å². The van der Waals surface area contributed by atoms with Crippen LogP contribution < -0.4 is 10.6 Å². The second-order valence-corrected chi connectivity index (χ2v) is 5.70. The number of nitrogens with zero attached hydrogens (tertiary/aromatic N) is 3. The molecule has 0 unspecified atom stereocenters. The number of hydrogen-bond acceptors (Lipinski definition) is 4. The normalized spacial score (nSPS) is 11.2. The first-order valence-corrected chi connectivity index (χ1v) is 7.29. The van der Waals surface area contributed by atoms with E-state index in [2.05, 4.69) is 44.6 Å². The van der Waals surface area contributed by atoms with E-state index in [1.807, 2.05) is 24.5 Å². The van der Waals surface area contributed by atoms with Crippen LogP contribution in [0.1, 0.15) is 20.3 Å². The molecule has 0 aromatic carbocycles. The number of halogens is 1. The van der Waals surface area contributed by atoms with Gasteiger partial charge in [0, 0.05) is 29.5 Å². The van der Waals surface area contributed by atoms with E-state index >= 15 is 0 Å². The van der Waals surface area contributed by atoms with Crippen LogP contribution in [0.25, 0.3) is 11.0 Å². The van der Waals surface area contributed by atoms with Gasteiger partial charge in [-0.1, -0.05) is 0 Å². The number of rotatable bonds is 5. The van der Waals surface area contributed by atoms with Gasteiger partial charge in [-0.3, -0.25) is 9.97 Å². The molecule has 4 nitrogen and oxygen atoms in total. The molecule has 0 aliphatic heterocycles. The summed E-state index contributed by atoms with van der Waals surface area (Å²) in [4.78, 5) is 11.2. The minimum Gasteiger partial charge on any atom is -0.367 e. The Morgan fingerprint density at radius 3 is 2.84 bits per heavy atom. The van der Waals surface area contributed by atoms with Gasteiger partial charge in [0.1, 0.15) is 5.52 Å². The predicted molar refractivity (Wildman–Crippen MR) is 83.4 cm³/mol. The maximum atomic E-state index is 5.63. The van der Waals surface area contributed by atoms with Gasteiger partial charge in [0.2, 0.25) is 0 Å². The molecule has 2 aromatic rings. The molecular formula is C14H19BrN4. The van der Waals surface area contributed by atoms with Gasteiger partial charge < -0.3 is 10.6 Å². The van der Waals surface area contributed by atoms with Crippen molar-refractivity contribution in [3.05, 3.63) is 29.0 Å². The van der Waals surface area contributed by atoms with Gasteiger partial charge in [0.05, 0.1) is 11.2 Å². The van der Waals surface area contributed by atoms with Crippen molar-refractivity contribution >= 4 is 32.7 Å². The molecule has 0 fully saturated rings. The largest absolute Gasteiger partial charge is 0.367 e. The molecule has 0 radical (unpaired) electrons. The molecule has 102 valence electrons. The molecule has 0 aliphatic carbocycles. The van der Waals surface area contributed by atoms with Gasteiger partial charge in [-0.15, -0.1) is 0 Å². The summed E-state index contributed by atoms with van der Waals surface area (Å²) >= 11 is 3.43. The number of fused-ring (bicyclic) bond motifs is 1. The Morgan fingerprint density at radius 2 is 2.16 bits per heavy atom. The number of aromatic nitrogens is 2. The lowest BCUT2D eigenvalue weighted by Crippen LogP contribution is -2.33. The first-order chi connectivity index (χ1) is 9.13. The average Bonchev–Trinajstić information content (AvgIpc) is 2.38. The molecule has 0 amide bonds. The molecule has 0 spiro atoms. The van der Waals surface area contributed by atoms with Crippen LogP contribution in [0.15, 0.2) is 29.0 Å². The molecule has 5 heteroatoms. The Morgan fingerprint density at radius 1 is 1.37 bits per heavy atom. The lowest BCUT2D eigenvalue weighted by Gasteiger charge is -2.29. The van der Waals surface area contributed by atoms with Crippen LogP contribution in [-0.2, 0) is 0 Å². The first kappa shape index (κ1) is 14.2. The van der Waals surface area contributed by atoms with Crippen molar-refractivity contribution in [3.8, 4) is 0 Å². The lowest BCUT2D eigenvalue weighted by molar-refractivity contribution is 0.658. The Kier molecular flexibility index (Phi) is 4.71. The highest BCUT2D eigenvalue weighted by Crippen LogP contribution is 2.26. The third kappa shape index (κ3) is 3.22. The van der Waals surface area contributed by atoms with E-state index in [0.717, 1.165) is 34.2 Å². The Labute approximate surface area is 122 Å². The van der Waals surface area contributed by atoms with Crippen LogP contribution in [0.4, 0.5) is 5.69 Å². The van der Waals surface area contributed by atoms with E-state index in [1.165, 1.54) is 0 Å². The Balaban J connectivity index is 2.47. The van der Waals surface area contributed by atoms with Gasteiger partial charge in [0.25, 0.3) is 0 Å². The zero-order valence-electron chi connectivity index (χ0n) is 11.3. The van der Waals surface area contributed by atoms with E-state index in [-0.39, 0.29) is 0 Å². The molecular weight excluding hydrogens is 304 g/mol. The average molecular weight is 323 g/mol. The lowest BCUT2D eigenvalue weighted by atomic mass is 10.2. The first-order valence-electron chi connectivity index (χ1n) is 6.50. The summed E-state index contributed by atoms with van der Waals surface area (Å²) < 4.78 is 0.947. The minimum atomic E-state index is 0.405. The molecule has 2 rings (SSSR count). The molecule has 0 saturated heterocycles. The van der Waals surface area contributed by atoms with Crippen LogP contribution in [-0.4, -0.2) is 29.1 Å². The number of nitrogens with two attached hydrogens (primary N) is 1. The zero-order chi connectivity index (χ0) is 13.8.